The highest BCUT2D eigenvalue weighted by Gasteiger charge is 2.41. The molecule has 2 aliphatic heterocycles. The van der Waals surface area contributed by atoms with E-state index in [2.05, 4.69) is 11.1 Å². The molecule has 38 heavy (non-hydrogen) atoms. The van der Waals surface area contributed by atoms with E-state index in [4.69, 9.17) is 35.6 Å². The molecule has 0 spiro atoms. The number of benzene rings is 4. The fourth-order valence-electron chi connectivity index (χ4n) is 4.92. The van der Waals surface area contributed by atoms with Crippen LogP contribution in [0.15, 0.2) is 96.1 Å². The molecule has 0 saturated heterocycles. The van der Waals surface area contributed by atoms with Gasteiger partial charge in [-0.15, -0.1) is 0 Å². The van der Waals surface area contributed by atoms with E-state index in [1.807, 2.05) is 84.9 Å². The highest BCUT2D eigenvalue weighted by Crippen LogP contribution is 2.47. The minimum absolute atomic E-state index is 0.0638. The summed E-state index contributed by atoms with van der Waals surface area (Å²) in [6.45, 7) is 0.469. The van der Waals surface area contributed by atoms with Crippen LogP contribution in [0.25, 0.3) is 0 Å². The summed E-state index contributed by atoms with van der Waals surface area (Å²) in [4.78, 5) is 0. The van der Waals surface area contributed by atoms with Crippen molar-refractivity contribution in [2.75, 3.05) is 14.2 Å². The number of hydrazone groups is 1. The Morgan fingerprint density at radius 2 is 1.66 bits per heavy atom. The quantitative estimate of drug-likeness (QED) is 0.255. The standard InChI is InChI=1S/C31H27ClN2O4/c1-35-29-16-11-22(17-30(29)36-2)26-18-27-25-5-3-4-6-28(25)38-31(34(27)33-26)21-9-14-24(15-10-21)37-19-20-7-12-23(32)13-8-20/h3-17,27,31H,18-19H2,1-2H3/t27-,31-/m0/s1. The summed E-state index contributed by atoms with van der Waals surface area (Å²) >= 11 is 5.98. The van der Waals surface area contributed by atoms with E-state index < -0.39 is 0 Å². The number of fused-ring (bicyclic) bond motifs is 3. The molecule has 4 aromatic rings. The highest BCUT2D eigenvalue weighted by molar-refractivity contribution is 6.30. The first-order chi connectivity index (χ1) is 18.6. The summed E-state index contributed by atoms with van der Waals surface area (Å²) in [5.41, 5.74) is 5.16. The second-order valence-corrected chi connectivity index (χ2v) is 9.65. The van der Waals surface area contributed by atoms with Gasteiger partial charge in [-0.1, -0.05) is 41.9 Å². The summed E-state index contributed by atoms with van der Waals surface area (Å²) in [6.07, 6.45) is 0.395. The van der Waals surface area contributed by atoms with Gasteiger partial charge in [0.05, 0.1) is 26.0 Å². The van der Waals surface area contributed by atoms with Gasteiger partial charge >= 0.3 is 0 Å². The molecule has 2 atom stereocenters. The molecule has 2 aliphatic rings. The van der Waals surface area contributed by atoms with Crippen molar-refractivity contribution in [1.29, 1.82) is 0 Å². The van der Waals surface area contributed by atoms with Crippen molar-refractivity contribution in [2.24, 2.45) is 5.10 Å². The molecule has 6 nitrogen and oxygen atoms in total. The molecule has 0 aliphatic carbocycles. The van der Waals surface area contributed by atoms with Gasteiger partial charge in [-0.05, 0) is 66.2 Å². The Morgan fingerprint density at radius 3 is 2.42 bits per heavy atom. The number of hydrogen-bond donors (Lipinski definition) is 0. The largest absolute Gasteiger partial charge is 0.493 e. The van der Waals surface area contributed by atoms with E-state index in [0.717, 1.165) is 45.9 Å². The average Bonchev–Trinajstić information content (AvgIpc) is 3.42. The number of nitrogens with zero attached hydrogens (tertiary/aromatic N) is 2. The van der Waals surface area contributed by atoms with Crippen LogP contribution in [-0.4, -0.2) is 24.9 Å². The highest BCUT2D eigenvalue weighted by atomic mass is 35.5. The third-order valence-corrected chi connectivity index (χ3v) is 7.15. The Morgan fingerprint density at radius 1 is 0.895 bits per heavy atom. The lowest BCUT2D eigenvalue weighted by molar-refractivity contribution is -0.0190. The number of hydrogen-bond acceptors (Lipinski definition) is 6. The van der Waals surface area contributed by atoms with Crippen LogP contribution in [0, 0.1) is 0 Å². The maximum atomic E-state index is 6.50. The van der Waals surface area contributed by atoms with Crippen molar-refractivity contribution in [1.82, 2.24) is 5.01 Å². The first kappa shape index (κ1) is 24.2. The molecular formula is C31H27ClN2O4. The monoisotopic (exact) mass is 526 g/mol. The average molecular weight is 527 g/mol. The Kier molecular flexibility index (Phi) is 6.56. The lowest BCUT2D eigenvalue weighted by atomic mass is 9.96. The second-order valence-electron chi connectivity index (χ2n) is 9.21. The van der Waals surface area contributed by atoms with E-state index in [1.54, 1.807) is 14.2 Å². The number of ether oxygens (including phenoxy) is 4. The summed E-state index contributed by atoms with van der Waals surface area (Å²) < 4.78 is 23.4. The molecule has 0 amide bonds. The predicted molar refractivity (Wildman–Crippen MR) is 147 cm³/mol. The summed E-state index contributed by atoms with van der Waals surface area (Å²) in [6, 6.07) is 29.8. The Balaban J connectivity index is 1.27. The van der Waals surface area contributed by atoms with Crippen LogP contribution < -0.4 is 18.9 Å². The minimum atomic E-state index is -0.363. The molecule has 2 heterocycles. The summed E-state index contributed by atoms with van der Waals surface area (Å²) in [5, 5.41) is 7.84. The zero-order chi connectivity index (χ0) is 26.1. The van der Waals surface area contributed by atoms with Crippen molar-refractivity contribution in [3.8, 4) is 23.0 Å². The molecule has 192 valence electrons. The van der Waals surface area contributed by atoms with Gasteiger partial charge in [-0.2, -0.15) is 5.10 Å². The smallest absolute Gasteiger partial charge is 0.213 e. The lowest BCUT2D eigenvalue weighted by Gasteiger charge is -2.38. The summed E-state index contributed by atoms with van der Waals surface area (Å²) in [7, 11) is 3.28. The molecular weight excluding hydrogens is 500 g/mol. The fourth-order valence-corrected chi connectivity index (χ4v) is 5.05. The van der Waals surface area contributed by atoms with Crippen LogP contribution in [0.5, 0.6) is 23.0 Å². The molecule has 0 radical (unpaired) electrons. The van der Waals surface area contributed by atoms with Gasteiger partial charge in [-0.3, -0.25) is 0 Å². The van der Waals surface area contributed by atoms with Crippen molar-refractivity contribution >= 4 is 17.3 Å². The third kappa shape index (κ3) is 4.63. The van der Waals surface area contributed by atoms with Crippen molar-refractivity contribution < 1.29 is 18.9 Å². The van der Waals surface area contributed by atoms with Gasteiger partial charge in [0.2, 0.25) is 6.23 Å². The molecule has 0 fully saturated rings. The Bertz CT molecular complexity index is 1470. The van der Waals surface area contributed by atoms with Gasteiger partial charge in [-0.25, -0.2) is 5.01 Å². The van der Waals surface area contributed by atoms with E-state index >= 15 is 0 Å². The van der Waals surface area contributed by atoms with Crippen LogP contribution in [0.3, 0.4) is 0 Å². The minimum Gasteiger partial charge on any atom is -0.493 e. The van der Waals surface area contributed by atoms with E-state index in [1.165, 1.54) is 0 Å². The van der Waals surface area contributed by atoms with Crippen LogP contribution in [-0.2, 0) is 6.61 Å². The number of halogens is 1. The van der Waals surface area contributed by atoms with Crippen LogP contribution in [0.1, 0.15) is 40.9 Å². The first-order valence-electron chi connectivity index (χ1n) is 12.4. The van der Waals surface area contributed by atoms with Gasteiger partial charge in [0.25, 0.3) is 0 Å². The van der Waals surface area contributed by atoms with Crippen LogP contribution in [0.2, 0.25) is 5.02 Å². The van der Waals surface area contributed by atoms with E-state index in [0.29, 0.717) is 23.1 Å². The van der Waals surface area contributed by atoms with Crippen LogP contribution in [0.4, 0.5) is 0 Å². The van der Waals surface area contributed by atoms with Gasteiger partial charge in [0.15, 0.2) is 11.5 Å². The van der Waals surface area contributed by atoms with Gasteiger partial charge in [0, 0.05) is 28.1 Å². The predicted octanol–water partition coefficient (Wildman–Crippen LogP) is 7.18. The molecule has 0 saturated carbocycles. The zero-order valence-corrected chi connectivity index (χ0v) is 21.9. The topological polar surface area (TPSA) is 52.5 Å². The maximum absolute atomic E-state index is 6.50. The lowest BCUT2D eigenvalue weighted by Crippen LogP contribution is -2.33. The normalized spacial score (nSPS) is 17.7. The SMILES string of the molecule is COc1ccc(C2=NN3[C@@H](C2)c2ccccc2O[C@H]3c2ccc(OCc3ccc(Cl)cc3)cc2)cc1OC. The summed E-state index contributed by atoms with van der Waals surface area (Å²) in [5.74, 6) is 3.04. The molecule has 0 bridgehead atoms. The molecule has 0 unspecified atom stereocenters. The molecule has 7 heteroatoms. The fraction of sp³-hybridized carbons (Fsp3) is 0.194. The van der Waals surface area contributed by atoms with Crippen molar-refractivity contribution in [3.05, 3.63) is 118 Å². The molecule has 0 N–H and O–H groups in total. The maximum Gasteiger partial charge on any atom is 0.213 e. The van der Waals surface area contributed by atoms with Gasteiger partial charge < -0.3 is 18.9 Å². The second kappa shape index (κ2) is 10.3. The zero-order valence-electron chi connectivity index (χ0n) is 21.1. The van der Waals surface area contributed by atoms with E-state index in [9.17, 15) is 0 Å². The van der Waals surface area contributed by atoms with Gasteiger partial charge in [0.1, 0.15) is 18.1 Å². The molecule has 0 aromatic heterocycles. The van der Waals surface area contributed by atoms with Crippen molar-refractivity contribution in [3.63, 3.8) is 0 Å². The third-order valence-electron chi connectivity index (χ3n) is 6.90. The number of para-hydroxylation sites is 1. The van der Waals surface area contributed by atoms with E-state index in [-0.39, 0.29) is 12.3 Å². The molecule has 4 aromatic carbocycles. The van der Waals surface area contributed by atoms with Crippen molar-refractivity contribution in [2.45, 2.75) is 25.3 Å². The number of rotatable bonds is 7. The van der Waals surface area contributed by atoms with Crippen LogP contribution >= 0.6 is 11.6 Å². The number of methoxy groups -OCH3 is 2. The molecule has 6 rings (SSSR count). The first-order valence-corrected chi connectivity index (χ1v) is 12.8. The Hall–Kier alpha value is -4.16. The Labute approximate surface area is 227 Å².